The van der Waals surface area contributed by atoms with Crippen molar-refractivity contribution in [3.63, 3.8) is 0 Å². The third-order valence-electron chi connectivity index (χ3n) is 4.94. The molecule has 5 nitrogen and oxygen atoms in total. The molecule has 1 atom stereocenters. The van der Waals surface area contributed by atoms with Crippen molar-refractivity contribution < 1.29 is 14.3 Å². The Bertz CT molecular complexity index is 1000. The number of amides is 1. The van der Waals surface area contributed by atoms with Crippen LogP contribution in [0.1, 0.15) is 33.1 Å². The van der Waals surface area contributed by atoms with Crippen molar-refractivity contribution in [1.82, 2.24) is 9.88 Å². The third kappa shape index (κ3) is 3.80. The van der Waals surface area contributed by atoms with E-state index in [2.05, 4.69) is 23.2 Å². The minimum absolute atomic E-state index is 0.0908. The lowest BCUT2D eigenvalue weighted by atomic mass is 9.84. The summed E-state index contributed by atoms with van der Waals surface area (Å²) >= 11 is 5.80. The fraction of sp³-hybridized carbons (Fsp3) is 0.182. The second-order valence-electron chi connectivity index (χ2n) is 6.74. The number of esters is 1. The van der Waals surface area contributed by atoms with Crippen molar-refractivity contribution in [3.05, 3.63) is 94.3 Å². The van der Waals surface area contributed by atoms with E-state index >= 15 is 0 Å². The Hall–Kier alpha value is -3.05. The molecule has 2 heterocycles. The largest absolute Gasteiger partial charge is 0.451 e. The van der Waals surface area contributed by atoms with Crippen LogP contribution in [0, 0.1) is 0 Å². The van der Waals surface area contributed by atoms with Gasteiger partial charge >= 0.3 is 5.97 Å². The molecule has 0 saturated carbocycles. The number of carbonyl (C=O) groups excluding carboxylic acids is 2. The molecule has 6 heteroatoms. The maximum Gasteiger partial charge on any atom is 0.355 e. The summed E-state index contributed by atoms with van der Waals surface area (Å²) in [4.78, 5) is 29.2. The summed E-state index contributed by atoms with van der Waals surface area (Å²) in [6.45, 7) is 0.745. The summed E-state index contributed by atoms with van der Waals surface area (Å²) < 4.78 is 5.17. The standard InChI is InChI=1S/C22H19ClN2O3/c23-17-10-20(24-11-17)22(27)28-14-21(26)25-12-16-8-4-5-9-18(16)19(13-25)15-6-2-1-3-7-15/h1-11,19,24H,12-14H2/t19-/m1/s1. The highest BCUT2D eigenvalue weighted by molar-refractivity contribution is 6.30. The number of aromatic amines is 1. The third-order valence-corrected chi connectivity index (χ3v) is 5.16. The Morgan fingerprint density at radius 1 is 1.11 bits per heavy atom. The van der Waals surface area contributed by atoms with Gasteiger partial charge in [0.25, 0.3) is 5.91 Å². The fourth-order valence-electron chi connectivity index (χ4n) is 3.55. The summed E-state index contributed by atoms with van der Waals surface area (Å²) in [6.07, 6.45) is 1.49. The Morgan fingerprint density at radius 2 is 1.86 bits per heavy atom. The van der Waals surface area contributed by atoms with E-state index in [1.807, 2.05) is 36.4 Å². The molecule has 3 aromatic rings. The van der Waals surface area contributed by atoms with Gasteiger partial charge in [-0.2, -0.15) is 0 Å². The van der Waals surface area contributed by atoms with Gasteiger partial charge in [-0.1, -0.05) is 66.2 Å². The maximum atomic E-state index is 12.7. The number of fused-ring (bicyclic) bond motifs is 1. The molecule has 0 radical (unpaired) electrons. The molecule has 28 heavy (non-hydrogen) atoms. The number of halogens is 1. The van der Waals surface area contributed by atoms with Gasteiger partial charge in [-0.05, 0) is 22.8 Å². The van der Waals surface area contributed by atoms with Crippen LogP contribution in [0.25, 0.3) is 0 Å². The first-order chi connectivity index (χ1) is 13.6. The summed E-state index contributed by atoms with van der Waals surface area (Å²) in [5, 5.41) is 0.414. The summed E-state index contributed by atoms with van der Waals surface area (Å²) in [7, 11) is 0. The Balaban J connectivity index is 1.49. The molecule has 1 aromatic heterocycles. The molecule has 0 spiro atoms. The number of nitrogens with one attached hydrogen (secondary N) is 1. The molecule has 4 rings (SSSR count). The predicted molar refractivity (Wildman–Crippen MR) is 106 cm³/mol. The first-order valence-electron chi connectivity index (χ1n) is 9.03. The number of rotatable bonds is 4. The molecule has 0 aliphatic carbocycles. The average molecular weight is 395 g/mol. The number of H-pyrrole nitrogens is 1. The molecule has 0 unspecified atom stereocenters. The highest BCUT2D eigenvalue weighted by Crippen LogP contribution is 2.33. The first-order valence-corrected chi connectivity index (χ1v) is 9.41. The summed E-state index contributed by atoms with van der Waals surface area (Å²) in [5.41, 5.74) is 3.73. The minimum atomic E-state index is -0.600. The van der Waals surface area contributed by atoms with Crippen molar-refractivity contribution >= 4 is 23.5 Å². The Kier molecular flexibility index (Phi) is 5.17. The molecule has 142 valence electrons. The van der Waals surface area contributed by atoms with Gasteiger partial charge in [0.2, 0.25) is 0 Å². The van der Waals surface area contributed by atoms with E-state index in [1.54, 1.807) is 4.90 Å². The van der Waals surface area contributed by atoms with Gasteiger partial charge in [-0.3, -0.25) is 4.79 Å². The molecule has 1 amide bonds. The van der Waals surface area contributed by atoms with Gasteiger partial charge in [0.05, 0.1) is 5.02 Å². The second-order valence-corrected chi connectivity index (χ2v) is 7.18. The normalized spacial score (nSPS) is 15.8. The molecule has 0 bridgehead atoms. The van der Waals surface area contributed by atoms with Crippen LogP contribution >= 0.6 is 11.6 Å². The monoisotopic (exact) mass is 394 g/mol. The van der Waals surface area contributed by atoms with E-state index in [0.717, 1.165) is 11.1 Å². The lowest BCUT2D eigenvalue weighted by molar-refractivity contribution is -0.135. The number of benzene rings is 2. The molecular weight excluding hydrogens is 376 g/mol. The Labute approximate surface area is 167 Å². The van der Waals surface area contributed by atoms with Gasteiger partial charge in [-0.15, -0.1) is 0 Å². The van der Waals surface area contributed by atoms with Gasteiger partial charge in [0.15, 0.2) is 6.61 Å². The van der Waals surface area contributed by atoms with Crippen LogP contribution in [0.15, 0.2) is 66.9 Å². The molecular formula is C22H19ClN2O3. The smallest absolute Gasteiger partial charge is 0.355 e. The van der Waals surface area contributed by atoms with E-state index in [1.165, 1.54) is 17.8 Å². The van der Waals surface area contributed by atoms with Crippen molar-refractivity contribution in [3.8, 4) is 0 Å². The topological polar surface area (TPSA) is 62.4 Å². The van der Waals surface area contributed by atoms with Crippen LogP contribution in [0.4, 0.5) is 0 Å². The van der Waals surface area contributed by atoms with Gasteiger partial charge in [0, 0.05) is 25.2 Å². The molecule has 1 aliphatic heterocycles. The quantitative estimate of drug-likeness (QED) is 0.680. The van der Waals surface area contributed by atoms with Gasteiger partial charge in [0.1, 0.15) is 5.69 Å². The molecule has 1 N–H and O–H groups in total. The highest BCUT2D eigenvalue weighted by Gasteiger charge is 2.29. The van der Waals surface area contributed by atoms with E-state index in [-0.39, 0.29) is 24.1 Å². The number of hydrogen-bond donors (Lipinski definition) is 1. The first kappa shape index (κ1) is 18.3. The van der Waals surface area contributed by atoms with Crippen LogP contribution < -0.4 is 0 Å². The molecule has 2 aromatic carbocycles. The van der Waals surface area contributed by atoms with Crippen molar-refractivity contribution in [2.45, 2.75) is 12.5 Å². The fourth-order valence-corrected chi connectivity index (χ4v) is 3.71. The number of ether oxygens (including phenoxy) is 1. The SMILES string of the molecule is O=C(OCC(=O)N1Cc2ccccc2[C@@H](c2ccccc2)C1)c1cc(Cl)c[nH]1. The van der Waals surface area contributed by atoms with Crippen LogP contribution in [-0.2, 0) is 16.1 Å². The maximum absolute atomic E-state index is 12.7. The van der Waals surface area contributed by atoms with E-state index in [9.17, 15) is 9.59 Å². The van der Waals surface area contributed by atoms with Crippen molar-refractivity contribution in [2.24, 2.45) is 0 Å². The summed E-state index contributed by atoms with van der Waals surface area (Å²) in [6, 6.07) is 19.8. The zero-order valence-corrected chi connectivity index (χ0v) is 15.9. The lowest BCUT2D eigenvalue weighted by Gasteiger charge is -2.35. The molecule has 1 aliphatic rings. The number of hydrogen-bond acceptors (Lipinski definition) is 3. The van der Waals surface area contributed by atoms with Crippen molar-refractivity contribution in [2.75, 3.05) is 13.2 Å². The molecule has 0 fully saturated rings. The van der Waals surface area contributed by atoms with Crippen LogP contribution in [-0.4, -0.2) is 34.9 Å². The van der Waals surface area contributed by atoms with Crippen LogP contribution in [0.2, 0.25) is 5.02 Å². The lowest BCUT2D eigenvalue weighted by Crippen LogP contribution is -2.40. The van der Waals surface area contributed by atoms with E-state index in [0.29, 0.717) is 18.1 Å². The predicted octanol–water partition coefficient (Wildman–Crippen LogP) is 4.00. The minimum Gasteiger partial charge on any atom is -0.451 e. The zero-order chi connectivity index (χ0) is 19.5. The Morgan fingerprint density at radius 3 is 2.61 bits per heavy atom. The molecule has 0 saturated heterocycles. The number of aromatic nitrogens is 1. The number of carbonyl (C=O) groups is 2. The van der Waals surface area contributed by atoms with Gasteiger partial charge in [-0.25, -0.2) is 4.79 Å². The second kappa shape index (κ2) is 7.90. The zero-order valence-electron chi connectivity index (χ0n) is 15.1. The average Bonchev–Trinajstić information content (AvgIpc) is 3.18. The van der Waals surface area contributed by atoms with E-state index < -0.39 is 5.97 Å². The van der Waals surface area contributed by atoms with E-state index in [4.69, 9.17) is 16.3 Å². The van der Waals surface area contributed by atoms with Crippen LogP contribution in [0.5, 0.6) is 0 Å². The van der Waals surface area contributed by atoms with Crippen LogP contribution in [0.3, 0.4) is 0 Å². The van der Waals surface area contributed by atoms with Gasteiger partial charge < -0.3 is 14.6 Å². The van der Waals surface area contributed by atoms with Crippen molar-refractivity contribution in [1.29, 1.82) is 0 Å². The highest BCUT2D eigenvalue weighted by atomic mass is 35.5. The number of nitrogens with zero attached hydrogens (tertiary/aromatic N) is 1. The summed E-state index contributed by atoms with van der Waals surface area (Å²) in [5.74, 6) is -0.730.